The Bertz CT molecular complexity index is 1180. The highest BCUT2D eigenvalue weighted by Gasteiger charge is 2.37. The van der Waals surface area contributed by atoms with Crippen LogP contribution in [0.5, 0.6) is 5.75 Å². The van der Waals surface area contributed by atoms with E-state index >= 15 is 0 Å². The summed E-state index contributed by atoms with van der Waals surface area (Å²) in [5, 5.41) is 28.7. The van der Waals surface area contributed by atoms with Crippen LogP contribution in [0.25, 0.3) is 0 Å². The van der Waals surface area contributed by atoms with Gasteiger partial charge in [0.25, 0.3) is 5.91 Å². The number of carboxylic acid groups (broad SMARTS) is 1. The summed E-state index contributed by atoms with van der Waals surface area (Å²) in [5.74, 6) is -2.33. The number of nitrogens with one attached hydrogen (secondary N) is 1. The monoisotopic (exact) mass is 514 g/mol. The molecule has 0 saturated heterocycles. The third-order valence-corrected chi connectivity index (χ3v) is 6.63. The molecule has 1 atom stereocenters. The zero-order chi connectivity index (χ0) is 25.7. The highest BCUT2D eigenvalue weighted by Crippen LogP contribution is 2.31. The Labute approximate surface area is 211 Å². The Morgan fingerprint density at radius 1 is 1.31 bits per heavy atom. The molecule has 1 aliphatic heterocycles. The SMILES string of the molecule is NC(=N\[C@H]1Cc2cccc(C(=O)O)c2OB1O)/C(=N\OCC(=O)NC1CCCCC1)c1csc(N)n1. The fourth-order valence-electron chi connectivity index (χ4n) is 4.22. The van der Waals surface area contributed by atoms with Gasteiger partial charge in [0.1, 0.15) is 23.2 Å². The second-order valence-electron chi connectivity index (χ2n) is 8.58. The van der Waals surface area contributed by atoms with E-state index in [2.05, 4.69) is 20.4 Å². The number of aromatic nitrogens is 1. The second-order valence-corrected chi connectivity index (χ2v) is 9.47. The number of amidine groups is 1. The number of fused-ring (bicyclic) bond motifs is 1. The maximum absolute atomic E-state index is 12.3. The molecule has 0 radical (unpaired) electrons. The maximum Gasteiger partial charge on any atom is 0.549 e. The highest BCUT2D eigenvalue weighted by atomic mass is 32.1. The van der Waals surface area contributed by atoms with Crippen molar-refractivity contribution in [2.45, 2.75) is 50.5 Å². The van der Waals surface area contributed by atoms with Gasteiger partial charge in [-0.05, 0) is 30.9 Å². The molecule has 0 unspecified atom stereocenters. The lowest BCUT2D eigenvalue weighted by atomic mass is 9.72. The number of nitrogens with zero attached hydrogens (tertiary/aromatic N) is 3. The van der Waals surface area contributed by atoms with E-state index in [9.17, 15) is 19.7 Å². The Morgan fingerprint density at radius 2 is 2.08 bits per heavy atom. The largest absolute Gasteiger partial charge is 0.549 e. The molecule has 1 saturated carbocycles. The number of nitrogens with two attached hydrogens (primary N) is 2. The number of para-hydroxylation sites is 1. The van der Waals surface area contributed by atoms with Crippen molar-refractivity contribution in [1.82, 2.24) is 10.3 Å². The van der Waals surface area contributed by atoms with E-state index < -0.39 is 19.0 Å². The minimum absolute atomic E-state index is 0.0469. The summed E-state index contributed by atoms with van der Waals surface area (Å²) in [6.45, 7) is -0.312. The molecule has 12 nitrogen and oxygen atoms in total. The van der Waals surface area contributed by atoms with Gasteiger partial charge in [-0.1, -0.05) is 36.6 Å². The van der Waals surface area contributed by atoms with Crippen molar-refractivity contribution in [2.75, 3.05) is 12.3 Å². The Morgan fingerprint density at radius 3 is 2.78 bits per heavy atom. The summed E-state index contributed by atoms with van der Waals surface area (Å²) in [6.07, 6.45) is 5.42. The number of carbonyl (C=O) groups is 2. The quantitative estimate of drug-likeness (QED) is 0.148. The Hall–Kier alpha value is -3.65. The molecule has 1 aromatic heterocycles. The van der Waals surface area contributed by atoms with Crippen molar-refractivity contribution in [2.24, 2.45) is 15.9 Å². The van der Waals surface area contributed by atoms with Crippen LogP contribution < -0.4 is 21.4 Å². The van der Waals surface area contributed by atoms with Crippen molar-refractivity contribution < 1.29 is 29.2 Å². The van der Waals surface area contributed by atoms with Gasteiger partial charge in [-0.15, -0.1) is 11.3 Å². The summed E-state index contributed by atoms with van der Waals surface area (Å²) in [7, 11) is -1.44. The molecule has 4 rings (SSSR count). The standard InChI is InChI=1S/C22H27BN6O6S/c24-20(28-16-9-12-5-4-8-14(21(31)32)19(12)35-23(16)33)18(15-11-36-22(25)27-15)29-34-10-17(30)26-13-6-2-1-3-7-13/h4-5,8,11,13,16,33H,1-3,6-7,9-10H2,(H2,24,28)(H2,25,27)(H,26,30)(H,31,32)/b29-18-/t16-/m0/s1. The lowest BCUT2D eigenvalue weighted by Crippen LogP contribution is -2.43. The minimum atomic E-state index is -1.44. The maximum atomic E-state index is 12.3. The van der Waals surface area contributed by atoms with Crippen molar-refractivity contribution in [3.05, 3.63) is 40.4 Å². The number of rotatable bonds is 8. The number of carbonyl (C=O) groups excluding carboxylic acids is 1. The zero-order valence-electron chi connectivity index (χ0n) is 19.4. The molecule has 36 heavy (non-hydrogen) atoms. The van der Waals surface area contributed by atoms with Crippen LogP contribution in [0.4, 0.5) is 5.13 Å². The molecule has 1 amide bonds. The number of aromatic carboxylic acids is 1. The van der Waals surface area contributed by atoms with Crippen LogP contribution in [0, 0.1) is 0 Å². The summed E-state index contributed by atoms with van der Waals surface area (Å²) in [6, 6.07) is 4.81. The van der Waals surface area contributed by atoms with Crippen LogP contribution >= 0.6 is 11.3 Å². The minimum Gasteiger partial charge on any atom is -0.534 e. The number of oxime groups is 1. The molecule has 7 N–H and O–H groups in total. The number of anilines is 1. The number of nitrogen functional groups attached to an aromatic ring is 1. The Balaban J connectivity index is 1.50. The fourth-order valence-corrected chi connectivity index (χ4v) is 4.77. The molecule has 2 heterocycles. The van der Waals surface area contributed by atoms with E-state index in [-0.39, 0.29) is 53.0 Å². The van der Waals surface area contributed by atoms with Crippen LogP contribution in [0.3, 0.4) is 0 Å². The number of benzene rings is 1. The summed E-state index contributed by atoms with van der Waals surface area (Å²) in [4.78, 5) is 37.5. The molecule has 2 aliphatic rings. The average Bonchev–Trinajstić information content (AvgIpc) is 3.28. The normalized spacial score (nSPS) is 18.8. The first-order chi connectivity index (χ1) is 17.3. The van der Waals surface area contributed by atoms with Crippen LogP contribution in [-0.4, -0.2) is 64.2 Å². The first-order valence-electron chi connectivity index (χ1n) is 11.6. The van der Waals surface area contributed by atoms with E-state index in [0.717, 1.165) is 25.7 Å². The van der Waals surface area contributed by atoms with Gasteiger partial charge in [-0.2, -0.15) is 0 Å². The highest BCUT2D eigenvalue weighted by molar-refractivity contribution is 7.13. The average molecular weight is 514 g/mol. The molecular weight excluding hydrogens is 487 g/mol. The van der Waals surface area contributed by atoms with Gasteiger partial charge in [0, 0.05) is 11.4 Å². The third-order valence-electron chi connectivity index (χ3n) is 5.96. The van der Waals surface area contributed by atoms with Gasteiger partial charge in [0.15, 0.2) is 17.5 Å². The lowest BCUT2D eigenvalue weighted by molar-refractivity contribution is -0.126. The molecular formula is C22H27BN6O6S. The smallest absolute Gasteiger partial charge is 0.534 e. The lowest BCUT2D eigenvalue weighted by Gasteiger charge is -2.26. The molecule has 1 aliphatic carbocycles. The van der Waals surface area contributed by atoms with Gasteiger partial charge >= 0.3 is 13.1 Å². The van der Waals surface area contributed by atoms with Crippen molar-refractivity contribution in [3.63, 3.8) is 0 Å². The number of aliphatic imine (C=N–C) groups is 1. The van der Waals surface area contributed by atoms with Crippen LogP contribution in [0.1, 0.15) is 53.7 Å². The van der Waals surface area contributed by atoms with E-state index in [0.29, 0.717) is 11.3 Å². The van der Waals surface area contributed by atoms with Crippen molar-refractivity contribution in [3.8, 4) is 5.75 Å². The Kier molecular flexibility index (Phi) is 8.05. The molecule has 0 spiro atoms. The molecule has 0 bridgehead atoms. The number of amides is 1. The molecule has 14 heteroatoms. The number of carboxylic acids is 1. The summed E-state index contributed by atoms with van der Waals surface area (Å²) in [5.41, 5.74) is 12.8. The van der Waals surface area contributed by atoms with E-state index in [1.807, 2.05) is 0 Å². The third kappa shape index (κ3) is 6.12. The predicted molar refractivity (Wildman–Crippen MR) is 135 cm³/mol. The van der Waals surface area contributed by atoms with Crippen LogP contribution in [0.2, 0.25) is 0 Å². The zero-order valence-corrected chi connectivity index (χ0v) is 20.2. The van der Waals surface area contributed by atoms with E-state index in [1.54, 1.807) is 17.5 Å². The van der Waals surface area contributed by atoms with Gasteiger partial charge < -0.3 is 36.4 Å². The second kappa shape index (κ2) is 11.4. The topological polar surface area (TPSA) is 195 Å². The van der Waals surface area contributed by atoms with Gasteiger partial charge in [-0.3, -0.25) is 9.79 Å². The predicted octanol–water partition coefficient (Wildman–Crippen LogP) is 0.974. The van der Waals surface area contributed by atoms with E-state index in [4.69, 9.17) is 21.0 Å². The van der Waals surface area contributed by atoms with Crippen molar-refractivity contribution in [1.29, 1.82) is 0 Å². The number of hydrogen-bond donors (Lipinski definition) is 5. The van der Waals surface area contributed by atoms with Gasteiger partial charge in [0.05, 0.1) is 5.56 Å². The molecule has 2 aromatic rings. The van der Waals surface area contributed by atoms with Gasteiger partial charge in [-0.25, -0.2) is 9.78 Å². The number of thiazole rings is 1. The molecule has 190 valence electrons. The fraction of sp³-hybridized carbons (Fsp3) is 0.409. The van der Waals surface area contributed by atoms with Crippen LogP contribution in [-0.2, 0) is 16.1 Å². The summed E-state index contributed by atoms with van der Waals surface area (Å²) < 4.78 is 5.47. The van der Waals surface area contributed by atoms with Crippen LogP contribution in [0.15, 0.2) is 33.7 Å². The first kappa shape index (κ1) is 25.4. The van der Waals surface area contributed by atoms with E-state index in [1.165, 1.54) is 23.8 Å². The van der Waals surface area contributed by atoms with Gasteiger partial charge in [0.2, 0.25) is 0 Å². The first-order valence-corrected chi connectivity index (χ1v) is 12.4. The molecule has 1 fully saturated rings. The summed E-state index contributed by atoms with van der Waals surface area (Å²) >= 11 is 1.17. The van der Waals surface area contributed by atoms with Crippen molar-refractivity contribution >= 4 is 47.0 Å². The molecule has 1 aromatic carbocycles. The number of hydrogen-bond acceptors (Lipinski definition) is 10.